The van der Waals surface area contributed by atoms with Gasteiger partial charge in [0.05, 0.1) is 22.4 Å². The second-order valence-corrected chi connectivity index (χ2v) is 13.6. The molecule has 0 atom stereocenters. The molecule has 5 rings (SSSR count). The second-order valence-electron chi connectivity index (χ2n) is 13.6. The first-order valence-electron chi connectivity index (χ1n) is 15.7. The van der Waals surface area contributed by atoms with Crippen molar-refractivity contribution in [3.63, 3.8) is 0 Å². The highest BCUT2D eigenvalue weighted by Crippen LogP contribution is 2.43. The minimum absolute atomic E-state index is 0.0501. The van der Waals surface area contributed by atoms with Gasteiger partial charge < -0.3 is 36.1 Å². The van der Waals surface area contributed by atoms with Crippen LogP contribution < -0.4 is 20.9 Å². The SMILES string of the molecule is CC(C)(O)CNc1cc(F)c(-c2c(-c3ccc(C#N)c(F)c3)nc(N3CCC(NC(=O)OC(C)(C)C)CC3)c3c2CNC3=O)cc1C=N. The number of hydrogen-bond acceptors (Lipinski definition) is 9. The van der Waals surface area contributed by atoms with Gasteiger partial charge in [-0.2, -0.15) is 5.26 Å². The van der Waals surface area contributed by atoms with Crippen LogP contribution in [0.4, 0.5) is 25.1 Å². The van der Waals surface area contributed by atoms with E-state index in [9.17, 15) is 20.0 Å². The van der Waals surface area contributed by atoms with Gasteiger partial charge in [0.1, 0.15) is 29.1 Å². The lowest BCUT2D eigenvalue weighted by atomic mass is 9.90. The molecule has 13 heteroatoms. The van der Waals surface area contributed by atoms with Crippen molar-refractivity contribution < 1.29 is 28.2 Å². The Kier molecular flexibility index (Phi) is 9.42. The van der Waals surface area contributed by atoms with Gasteiger partial charge in [-0.15, -0.1) is 0 Å². The zero-order chi connectivity index (χ0) is 35.0. The summed E-state index contributed by atoms with van der Waals surface area (Å²) < 4.78 is 36.6. The van der Waals surface area contributed by atoms with Crippen molar-refractivity contribution >= 4 is 29.7 Å². The normalized spacial score (nSPS) is 15.0. The van der Waals surface area contributed by atoms with Crippen LogP contribution >= 0.6 is 0 Å². The Morgan fingerprint density at radius 3 is 2.48 bits per heavy atom. The van der Waals surface area contributed by atoms with Crippen LogP contribution in [0.2, 0.25) is 0 Å². The predicted molar refractivity (Wildman–Crippen MR) is 178 cm³/mol. The van der Waals surface area contributed by atoms with Crippen LogP contribution in [-0.2, 0) is 11.3 Å². The van der Waals surface area contributed by atoms with E-state index in [1.54, 1.807) is 40.7 Å². The van der Waals surface area contributed by atoms with Crippen molar-refractivity contribution in [3.8, 4) is 28.5 Å². The van der Waals surface area contributed by atoms with Gasteiger partial charge in [-0.25, -0.2) is 18.6 Å². The number of nitriles is 1. The number of alkyl carbamates (subject to hydrolysis) is 1. The number of carbonyl (C=O) groups is 2. The van der Waals surface area contributed by atoms with Crippen LogP contribution in [0.5, 0.6) is 0 Å². The van der Waals surface area contributed by atoms with E-state index >= 15 is 8.78 Å². The van der Waals surface area contributed by atoms with Gasteiger partial charge in [0.2, 0.25) is 0 Å². The van der Waals surface area contributed by atoms with Gasteiger partial charge in [0.25, 0.3) is 5.91 Å². The van der Waals surface area contributed by atoms with Gasteiger partial charge in [0.15, 0.2) is 0 Å². The Morgan fingerprint density at radius 2 is 1.88 bits per heavy atom. The molecule has 1 fully saturated rings. The number of fused-ring (bicyclic) bond motifs is 1. The minimum atomic E-state index is -1.10. The lowest BCUT2D eigenvalue weighted by Crippen LogP contribution is -2.46. The fourth-order valence-corrected chi connectivity index (χ4v) is 5.85. The molecule has 3 aromatic rings. The molecule has 0 aliphatic carbocycles. The molecule has 0 radical (unpaired) electrons. The lowest BCUT2D eigenvalue weighted by molar-refractivity contribution is 0.0497. The van der Waals surface area contributed by atoms with Gasteiger partial charge in [-0.3, -0.25) is 4.79 Å². The largest absolute Gasteiger partial charge is 0.444 e. The van der Waals surface area contributed by atoms with E-state index in [1.165, 1.54) is 24.3 Å². The summed E-state index contributed by atoms with van der Waals surface area (Å²) in [5.41, 5.74) is 0.202. The molecule has 0 unspecified atom stereocenters. The molecular formula is C35H39F2N7O4. The van der Waals surface area contributed by atoms with Gasteiger partial charge in [-0.05, 0) is 77.3 Å². The Hall–Kier alpha value is -5.09. The molecule has 2 aromatic carbocycles. The molecule has 0 spiro atoms. The maximum absolute atomic E-state index is 16.2. The standard InChI is InChI=1S/C35H39F2N7O4/c1-34(2,3)48-33(46)42-22-8-10-44(11-9-22)31-29-24(17-40-32(29)45)28(30(43-31)19-6-7-20(15-38)25(36)13-19)23-12-21(16-39)27(14-26(23)37)41-18-35(4,5)47/h6-7,12-14,16,22,39,41,47H,8-11,17-18H2,1-5H3,(H,40,45)(H,42,46). The quantitative estimate of drug-likeness (QED) is 0.199. The average molecular weight is 660 g/mol. The number of halogens is 2. The molecule has 2 aliphatic heterocycles. The van der Waals surface area contributed by atoms with E-state index in [4.69, 9.17) is 15.1 Å². The third-order valence-electron chi connectivity index (χ3n) is 8.09. The molecule has 48 heavy (non-hydrogen) atoms. The number of hydrogen-bond donors (Lipinski definition) is 5. The van der Waals surface area contributed by atoms with E-state index in [1.807, 2.05) is 4.90 Å². The summed E-state index contributed by atoms with van der Waals surface area (Å²) in [6, 6.07) is 8.34. The number of pyridine rings is 1. The number of nitrogens with zero attached hydrogens (tertiary/aromatic N) is 3. The zero-order valence-corrected chi connectivity index (χ0v) is 27.6. The first kappa shape index (κ1) is 34.3. The smallest absolute Gasteiger partial charge is 0.407 e. The Bertz CT molecular complexity index is 1820. The van der Waals surface area contributed by atoms with E-state index in [2.05, 4.69) is 16.0 Å². The maximum Gasteiger partial charge on any atom is 0.407 e. The van der Waals surface area contributed by atoms with Gasteiger partial charge in [0, 0.05) is 66.4 Å². The van der Waals surface area contributed by atoms with E-state index in [0.29, 0.717) is 42.9 Å². The zero-order valence-electron chi connectivity index (χ0n) is 27.6. The number of ether oxygens (including phenoxy) is 1. The van der Waals surface area contributed by atoms with Crippen LogP contribution in [0.15, 0.2) is 30.3 Å². The number of amides is 2. The average Bonchev–Trinajstić information content (AvgIpc) is 3.39. The van der Waals surface area contributed by atoms with Crippen molar-refractivity contribution in [2.24, 2.45) is 0 Å². The summed E-state index contributed by atoms with van der Waals surface area (Å²) >= 11 is 0. The number of benzene rings is 2. The highest BCUT2D eigenvalue weighted by molar-refractivity contribution is 6.07. The van der Waals surface area contributed by atoms with Crippen LogP contribution in [0.25, 0.3) is 22.4 Å². The Morgan fingerprint density at radius 1 is 1.17 bits per heavy atom. The highest BCUT2D eigenvalue weighted by atomic mass is 19.1. The molecule has 252 valence electrons. The second kappa shape index (κ2) is 13.2. The van der Waals surface area contributed by atoms with Crippen LogP contribution in [0, 0.1) is 28.4 Å². The van der Waals surface area contributed by atoms with E-state index in [0.717, 1.165) is 12.3 Å². The molecule has 1 saturated heterocycles. The van der Waals surface area contributed by atoms with Crippen molar-refractivity contribution in [2.75, 3.05) is 29.9 Å². The van der Waals surface area contributed by atoms with Crippen LogP contribution in [0.3, 0.4) is 0 Å². The fraction of sp³-hybridized carbons (Fsp3) is 0.400. The van der Waals surface area contributed by atoms with E-state index < -0.39 is 34.8 Å². The van der Waals surface area contributed by atoms with E-state index in [-0.39, 0.29) is 58.3 Å². The summed E-state index contributed by atoms with van der Waals surface area (Å²) in [4.78, 5) is 32.6. The van der Waals surface area contributed by atoms with Gasteiger partial charge in [-0.1, -0.05) is 6.07 Å². The number of nitrogens with one attached hydrogen (secondary N) is 4. The molecule has 5 N–H and O–H groups in total. The summed E-state index contributed by atoms with van der Waals surface area (Å²) in [5.74, 6) is -1.51. The minimum Gasteiger partial charge on any atom is -0.444 e. The molecule has 0 saturated carbocycles. The molecule has 2 aliphatic rings. The predicted octanol–water partition coefficient (Wildman–Crippen LogP) is 5.48. The fourth-order valence-electron chi connectivity index (χ4n) is 5.85. The number of aliphatic hydroxyl groups is 1. The molecule has 2 amide bonds. The van der Waals surface area contributed by atoms with Crippen molar-refractivity contribution in [1.29, 1.82) is 10.7 Å². The lowest BCUT2D eigenvalue weighted by Gasteiger charge is -2.34. The van der Waals surface area contributed by atoms with Crippen molar-refractivity contribution in [1.82, 2.24) is 15.6 Å². The summed E-state index contributed by atoms with van der Waals surface area (Å²) in [6.07, 6.45) is 1.62. The summed E-state index contributed by atoms with van der Waals surface area (Å²) in [7, 11) is 0. The Balaban J connectivity index is 1.62. The molecule has 11 nitrogen and oxygen atoms in total. The molecular weight excluding hydrogens is 620 g/mol. The molecule has 3 heterocycles. The number of anilines is 2. The number of aromatic nitrogens is 1. The number of rotatable bonds is 8. The maximum atomic E-state index is 16.2. The molecule has 1 aromatic heterocycles. The third kappa shape index (κ3) is 7.39. The van der Waals surface area contributed by atoms with Crippen LogP contribution in [-0.4, -0.2) is 65.2 Å². The first-order valence-corrected chi connectivity index (χ1v) is 15.7. The topological polar surface area (TPSA) is 163 Å². The summed E-state index contributed by atoms with van der Waals surface area (Å²) in [5, 5.41) is 36.3. The highest BCUT2D eigenvalue weighted by Gasteiger charge is 2.35. The van der Waals surface area contributed by atoms with Crippen molar-refractivity contribution in [3.05, 3.63) is 64.2 Å². The van der Waals surface area contributed by atoms with Crippen molar-refractivity contribution in [2.45, 2.75) is 71.2 Å². The first-order chi connectivity index (χ1) is 22.6. The summed E-state index contributed by atoms with van der Waals surface area (Å²) in [6.45, 7) is 9.56. The molecule has 0 bridgehead atoms. The van der Waals surface area contributed by atoms with Gasteiger partial charge >= 0.3 is 6.09 Å². The van der Waals surface area contributed by atoms with Crippen LogP contribution in [0.1, 0.15) is 74.5 Å². The number of piperidine rings is 1. The monoisotopic (exact) mass is 659 g/mol. The number of carbonyl (C=O) groups excluding carboxylic acids is 2. The third-order valence-corrected chi connectivity index (χ3v) is 8.09. The Labute approximate surface area is 277 Å².